The Labute approximate surface area is 153 Å². The van der Waals surface area contributed by atoms with Gasteiger partial charge in [0, 0.05) is 17.3 Å². The van der Waals surface area contributed by atoms with E-state index in [4.69, 9.17) is 11.6 Å². The van der Waals surface area contributed by atoms with Crippen LogP contribution in [0.25, 0.3) is 15.7 Å². The van der Waals surface area contributed by atoms with Crippen LogP contribution < -0.4 is 5.32 Å². The van der Waals surface area contributed by atoms with Crippen molar-refractivity contribution in [2.75, 3.05) is 5.32 Å². The van der Waals surface area contributed by atoms with Gasteiger partial charge in [0.1, 0.15) is 17.0 Å². The lowest BCUT2D eigenvalue weighted by Crippen LogP contribution is -2.09. The molecule has 126 valence electrons. The zero-order valence-corrected chi connectivity index (χ0v) is 15.2. The Balaban J connectivity index is 1.63. The van der Waals surface area contributed by atoms with E-state index in [0.29, 0.717) is 5.02 Å². The number of nitrogens with zero attached hydrogens (tertiary/aromatic N) is 4. The number of thiophene rings is 1. The van der Waals surface area contributed by atoms with Crippen molar-refractivity contribution in [3.63, 3.8) is 0 Å². The number of hydrogen-bond acceptors (Lipinski definition) is 5. The van der Waals surface area contributed by atoms with Crippen molar-refractivity contribution in [2.24, 2.45) is 5.92 Å². The summed E-state index contributed by atoms with van der Waals surface area (Å²) in [5.41, 5.74) is 3.22. The maximum Gasteiger partial charge on any atom is 0.142 e. The first-order valence-electron chi connectivity index (χ1n) is 8.34. The Morgan fingerprint density at radius 2 is 2.28 bits per heavy atom. The van der Waals surface area contributed by atoms with E-state index in [1.165, 1.54) is 16.9 Å². The summed E-state index contributed by atoms with van der Waals surface area (Å²) in [4.78, 5) is 11.5. The highest BCUT2D eigenvalue weighted by Gasteiger charge is 2.23. The maximum absolute atomic E-state index is 6.43. The molecule has 0 saturated heterocycles. The first-order valence-corrected chi connectivity index (χ1v) is 9.53. The summed E-state index contributed by atoms with van der Waals surface area (Å²) >= 11 is 8.23. The van der Waals surface area contributed by atoms with Crippen LogP contribution >= 0.6 is 22.9 Å². The highest BCUT2D eigenvalue weighted by atomic mass is 35.5. The van der Waals surface area contributed by atoms with Crippen LogP contribution in [-0.4, -0.2) is 19.6 Å². The van der Waals surface area contributed by atoms with Gasteiger partial charge in [-0.1, -0.05) is 18.5 Å². The van der Waals surface area contributed by atoms with Gasteiger partial charge in [0.25, 0.3) is 0 Å². The molecular weight excluding hydrogens is 354 g/mol. The van der Waals surface area contributed by atoms with Gasteiger partial charge in [-0.15, -0.1) is 11.3 Å². The second kappa shape index (κ2) is 5.68. The Kier molecular flexibility index (Phi) is 3.43. The van der Waals surface area contributed by atoms with E-state index in [1.54, 1.807) is 28.4 Å². The minimum absolute atomic E-state index is 0.612. The molecule has 0 bridgehead atoms. The highest BCUT2D eigenvalue weighted by molar-refractivity contribution is 7.19. The van der Waals surface area contributed by atoms with Crippen molar-refractivity contribution in [3.05, 3.63) is 46.3 Å². The Bertz CT molecular complexity index is 1100. The molecule has 4 aromatic rings. The summed E-state index contributed by atoms with van der Waals surface area (Å²) < 4.78 is 1.76. The number of aromatic nitrogens is 4. The van der Waals surface area contributed by atoms with Crippen molar-refractivity contribution in [2.45, 2.75) is 26.2 Å². The summed E-state index contributed by atoms with van der Waals surface area (Å²) in [6.45, 7) is 2.32. The van der Waals surface area contributed by atoms with Crippen molar-refractivity contribution in [1.82, 2.24) is 19.6 Å². The largest absolute Gasteiger partial charge is 0.338 e. The van der Waals surface area contributed by atoms with Crippen molar-refractivity contribution in [1.29, 1.82) is 0 Å². The van der Waals surface area contributed by atoms with Gasteiger partial charge in [0.05, 0.1) is 21.6 Å². The summed E-state index contributed by atoms with van der Waals surface area (Å²) in [5.74, 6) is 1.58. The van der Waals surface area contributed by atoms with Gasteiger partial charge >= 0.3 is 0 Å². The van der Waals surface area contributed by atoms with Crippen molar-refractivity contribution >= 4 is 50.2 Å². The average molecular weight is 370 g/mol. The molecule has 0 fully saturated rings. The third-order valence-electron chi connectivity index (χ3n) is 4.83. The van der Waals surface area contributed by atoms with E-state index in [1.807, 2.05) is 18.3 Å². The van der Waals surface area contributed by atoms with E-state index >= 15 is 0 Å². The smallest absolute Gasteiger partial charge is 0.142 e. The minimum Gasteiger partial charge on any atom is -0.338 e. The van der Waals surface area contributed by atoms with E-state index in [0.717, 1.165) is 46.0 Å². The molecule has 25 heavy (non-hydrogen) atoms. The number of aryl methyl sites for hydroxylation is 1. The molecule has 0 spiro atoms. The van der Waals surface area contributed by atoms with Gasteiger partial charge in [0.15, 0.2) is 0 Å². The van der Waals surface area contributed by atoms with Gasteiger partial charge < -0.3 is 5.32 Å². The first-order chi connectivity index (χ1) is 12.2. The van der Waals surface area contributed by atoms with Gasteiger partial charge in [-0.05, 0) is 42.9 Å². The number of pyridine rings is 1. The van der Waals surface area contributed by atoms with Gasteiger partial charge in [0.2, 0.25) is 0 Å². The summed E-state index contributed by atoms with van der Waals surface area (Å²) in [5, 5.41) is 9.41. The molecule has 0 unspecified atom stereocenters. The summed E-state index contributed by atoms with van der Waals surface area (Å²) in [7, 11) is 0. The predicted octanol–water partition coefficient (Wildman–Crippen LogP) is 4.86. The SMILES string of the molecule is C[C@H]1CCc2c(sc3ncnc(Nc4cc5ccnn5cc4Cl)c23)C1. The van der Waals surface area contributed by atoms with Crippen LogP contribution in [0.5, 0.6) is 0 Å². The second-order valence-corrected chi connectivity index (χ2v) is 8.11. The lowest BCUT2D eigenvalue weighted by Gasteiger charge is -2.18. The minimum atomic E-state index is 0.612. The van der Waals surface area contributed by atoms with Crippen LogP contribution in [0.4, 0.5) is 11.5 Å². The molecular formula is C18H16ClN5S. The van der Waals surface area contributed by atoms with E-state index in [-0.39, 0.29) is 0 Å². The Hall–Kier alpha value is -2.18. The van der Waals surface area contributed by atoms with E-state index in [9.17, 15) is 0 Å². The van der Waals surface area contributed by atoms with Crippen molar-refractivity contribution < 1.29 is 0 Å². The van der Waals surface area contributed by atoms with Crippen LogP contribution in [0.2, 0.25) is 5.02 Å². The molecule has 7 heteroatoms. The number of fused-ring (bicyclic) bond motifs is 4. The zero-order valence-electron chi connectivity index (χ0n) is 13.7. The number of anilines is 2. The topological polar surface area (TPSA) is 55.1 Å². The molecule has 1 N–H and O–H groups in total. The molecule has 1 aliphatic carbocycles. The third-order valence-corrected chi connectivity index (χ3v) is 6.29. The Morgan fingerprint density at radius 1 is 1.36 bits per heavy atom. The predicted molar refractivity (Wildman–Crippen MR) is 102 cm³/mol. The standard InChI is InChI=1S/C18H16ClN5S/c1-10-2-3-12-15(6-10)25-18-16(12)17(20-9-21-18)23-14-7-11-4-5-22-24(11)8-13(14)19/h4-5,7-10H,2-3,6H2,1H3,(H,20,21,23)/t10-/m0/s1. The molecule has 1 atom stereocenters. The molecule has 0 aliphatic heterocycles. The number of halogens is 1. The monoisotopic (exact) mass is 369 g/mol. The fourth-order valence-electron chi connectivity index (χ4n) is 3.53. The van der Waals surface area contributed by atoms with Crippen LogP contribution in [0.1, 0.15) is 23.8 Å². The van der Waals surface area contributed by atoms with Gasteiger partial charge in [-0.2, -0.15) is 5.10 Å². The number of nitrogens with one attached hydrogen (secondary N) is 1. The van der Waals surface area contributed by atoms with Crippen LogP contribution in [0.15, 0.2) is 30.9 Å². The van der Waals surface area contributed by atoms with Gasteiger partial charge in [-0.25, -0.2) is 14.5 Å². The second-order valence-electron chi connectivity index (χ2n) is 6.61. The third kappa shape index (κ3) is 2.48. The van der Waals surface area contributed by atoms with Crippen LogP contribution in [0.3, 0.4) is 0 Å². The fourth-order valence-corrected chi connectivity index (χ4v) is 5.08. The van der Waals surface area contributed by atoms with Crippen molar-refractivity contribution in [3.8, 4) is 0 Å². The molecule has 5 rings (SSSR count). The Morgan fingerprint density at radius 3 is 3.20 bits per heavy atom. The van der Waals surface area contributed by atoms with E-state index < -0.39 is 0 Å². The molecule has 0 saturated carbocycles. The lowest BCUT2D eigenvalue weighted by molar-refractivity contribution is 0.509. The normalized spacial score (nSPS) is 17.1. The first kappa shape index (κ1) is 15.1. The molecule has 0 radical (unpaired) electrons. The molecule has 5 nitrogen and oxygen atoms in total. The summed E-state index contributed by atoms with van der Waals surface area (Å²) in [6, 6.07) is 3.94. The number of hydrogen-bond donors (Lipinski definition) is 1. The van der Waals surface area contributed by atoms with Crippen LogP contribution in [-0.2, 0) is 12.8 Å². The molecule has 4 heterocycles. The lowest BCUT2D eigenvalue weighted by atomic mass is 9.89. The molecule has 1 aliphatic rings. The molecule has 4 aromatic heterocycles. The molecule has 0 aromatic carbocycles. The fraction of sp³-hybridized carbons (Fsp3) is 0.278. The number of rotatable bonds is 2. The highest BCUT2D eigenvalue weighted by Crippen LogP contribution is 2.40. The quantitative estimate of drug-likeness (QED) is 0.548. The van der Waals surface area contributed by atoms with Gasteiger partial charge in [-0.3, -0.25) is 0 Å². The average Bonchev–Trinajstić information content (AvgIpc) is 3.18. The summed E-state index contributed by atoms with van der Waals surface area (Å²) in [6.07, 6.45) is 8.64. The van der Waals surface area contributed by atoms with E-state index in [2.05, 4.69) is 27.3 Å². The maximum atomic E-state index is 6.43. The zero-order chi connectivity index (χ0) is 17.0. The van der Waals surface area contributed by atoms with Crippen LogP contribution in [0, 0.1) is 5.92 Å². The molecule has 0 amide bonds.